The summed E-state index contributed by atoms with van der Waals surface area (Å²) in [4.78, 5) is 36.4. The minimum absolute atomic E-state index is 0.0269. The number of amides is 1. The lowest BCUT2D eigenvalue weighted by Gasteiger charge is -2.26. The van der Waals surface area contributed by atoms with Crippen LogP contribution in [0.5, 0.6) is 0 Å². The third kappa shape index (κ3) is 4.45. The zero-order valence-corrected chi connectivity index (χ0v) is 16.5. The van der Waals surface area contributed by atoms with E-state index in [1.54, 1.807) is 24.8 Å². The van der Waals surface area contributed by atoms with E-state index in [4.69, 9.17) is 16.3 Å². The van der Waals surface area contributed by atoms with Crippen LogP contribution in [-0.2, 0) is 4.74 Å². The Kier molecular flexibility index (Phi) is 6.21. The van der Waals surface area contributed by atoms with Gasteiger partial charge in [0.15, 0.2) is 0 Å². The van der Waals surface area contributed by atoms with Gasteiger partial charge in [0.25, 0.3) is 11.6 Å². The van der Waals surface area contributed by atoms with Crippen LogP contribution in [0.25, 0.3) is 0 Å². The maximum absolute atomic E-state index is 12.8. The van der Waals surface area contributed by atoms with Crippen molar-refractivity contribution in [3.63, 3.8) is 0 Å². The van der Waals surface area contributed by atoms with Crippen LogP contribution in [0.4, 0.5) is 5.69 Å². The zero-order valence-electron chi connectivity index (χ0n) is 14.9. The second-order valence-electron chi connectivity index (χ2n) is 6.09. The molecule has 1 unspecified atom stereocenters. The van der Waals surface area contributed by atoms with Crippen LogP contribution < -0.4 is 5.32 Å². The number of carbonyl (C=O) groups is 2. The van der Waals surface area contributed by atoms with Gasteiger partial charge in [-0.25, -0.2) is 4.79 Å². The fourth-order valence-corrected chi connectivity index (χ4v) is 4.22. The summed E-state index contributed by atoms with van der Waals surface area (Å²) in [7, 11) is 0. The molecular weight excluding hydrogens is 404 g/mol. The van der Waals surface area contributed by atoms with E-state index in [0.29, 0.717) is 11.4 Å². The Hall–Kier alpha value is -2.58. The number of fused-ring (bicyclic) bond motifs is 1. The Balaban J connectivity index is 1.90. The van der Waals surface area contributed by atoms with Crippen molar-refractivity contribution in [1.29, 1.82) is 0 Å². The number of nitrogens with zero attached hydrogens (tertiary/aromatic N) is 1. The summed E-state index contributed by atoms with van der Waals surface area (Å²) in [6, 6.07) is 8.79. The fourth-order valence-electron chi connectivity index (χ4n) is 2.94. The van der Waals surface area contributed by atoms with Crippen molar-refractivity contribution in [2.24, 2.45) is 0 Å². The highest BCUT2D eigenvalue weighted by atomic mass is 35.5. The average Bonchev–Trinajstić information content (AvgIpc) is 2.68. The fraction of sp³-hybridized carbons (Fsp3) is 0.263. The molecule has 3 rings (SSSR count). The molecule has 0 bridgehead atoms. The molecule has 28 heavy (non-hydrogen) atoms. The molecule has 1 aliphatic rings. The van der Waals surface area contributed by atoms with E-state index in [1.807, 2.05) is 12.1 Å². The number of halogens is 1. The van der Waals surface area contributed by atoms with Crippen LogP contribution in [0.15, 0.2) is 41.3 Å². The predicted octanol–water partition coefficient (Wildman–Crippen LogP) is 4.39. The Morgan fingerprint density at radius 2 is 2.04 bits per heavy atom. The maximum atomic E-state index is 12.8. The van der Waals surface area contributed by atoms with Gasteiger partial charge in [-0.2, -0.15) is 0 Å². The molecule has 9 heteroatoms. The number of esters is 1. The number of thioether (sulfide) groups is 1. The number of rotatable bonds is 5. The monoisotopic (exact) mass is 420 g/mol. The number of hydrogen-bond acceptors (Lipinski definition) is 6. The lowest BCUT2D eigenvalue weighted by molar-refractivity contribution is -0.384. The second kappa shape index (κ2) is 8.62. The first-order valence-electron chi connectivity index (χ1n) is 8.58. The average molecular weight is 421 g/mol. The third-order valence-corrected chi connectivity index (χ3v) is 5.58. The number of nitro groups is 1. The van der Waals surface area contributed by atoms with Crippen LogP contribution in [0.1, 0.15) is 45.7 Å². The summed E-state index contributed by atoms with van der Waals surface area (Å²) >= 11 is 7.77. The van der Waals surface area contributed by atoms with E-state index < -0.39 is 16.8 Å². The first-order valence-corrected chi connectivity index (χ1v) is 9.95. The van der Waals surface area contributed by atoms with Crippen LogP contribution >= 0.6 is 23.4 Å². The van der Waals surface area contributed by atoms with Gasteiger partial charge in [-0.15, -0.1) is 11.8 Å². The largest absolute Gasteiger partial charge is 0.462 e. The van der Waals surface area contributed by atoms with Gasteiger partial charge in [0.1, 0.15) is 0 Å². The van der Waals surface area contributed by atoms with Crippen molar-refractivity contribution in [2.75, 3.05) is 12.4 Å². The Bertz CT molecular complexity index is 950. The smallest absolute Gasteiger partial charge is 0.338 e. The van der Waals surface area contributed by atoms with Crippen molar-refractivity contribution >= 4 is 40.9 Å². The van der Waals surface area contributed by atoms with E-state index in [2.05, 4.69) is 5.32 Å². The summed E-state index contributed by atoms with van der Waals surface area (Å²) in [6.45, 7) is 1.76. The summed E-state index contributed by atoms with van der Waals surface area (Å²) < 4.78 is 4.90. The van der Waals surface area contributed by atoms with Crippen molar-refractivity contribution < 1.29 is 19.2 Å². The molecule has 2 aromatic rings. The summed E-state index contributed by atoms with van der Waals surface area (Å²) in [5.74, 6) is -0.397. The van der Waals surface area contributed by atoms with Gasteiger partial charge < -0.3 is 10.1 Å². The number of hydrogen-bond donors (Lipinski definition) is 1. The van der Waals surface area contributed by atoms with Gasteiger partial charge in [-0.3, -0.25) is 14.9 Å². The maximum Gasteiger partial charge on any atom is 0.338 e. The number of nitro benzene ring substituents is 1. The third-order valence-electron chi connectivity index (χ3n) is 4.22. The van der Waals surface area contributed by atoms with Gasteiger partial charge in [0.05, 0.1) is 23.1 Å². The molecule has 1 heterocycles. The molecular formula is C19H17ClN2O5S. The summed E-state index contributed by atoms with van der Waals surface area (Å²) in [5, 5.41) is 14.7. The molecule has 1 amide bonds. The Morgan fingerprint density at radius 3 is 2.75 bits per heavy atom. The van der Waals surface area contributed by atoms with Crippen molar-refractivity contribution in [1.82, 2.24) is 5.32 Å². The van der Waals surface area contributed by atoms with E-state index in [0.717, 1.165) is 28.3 Å². The molecule has 146 valence electrons. The molecule has 0 fully saturated rings. The SMILES string of the molecule is CCOC(=O)c1cc(C(=O)NC2CCSc3ccc(Cl)cc32)cc([N+](=O)[O-])c1. The van der Waals surface area contributed by atoms with Crippen LogP contribution in [-0.4, -0.2) is 29.2 Å². The molecule has 1 atom stereocenters. The van der Waals surface area contributed by atoms with Crippen LogP contribution in [0, 0.1) is 10.1 Å². The highest BCUT2D eigenvalue weighted by molar-refractivity contribution is 7.99. The van der Waals surface area contributed by atoms with Gasteiger partial charge in [-0.05, 0) is 43.2 Å². The zero-order chi connectivity index (χ0) is 20.3. The molecule has 1 aliphatic heterocycles. The topological polar surface area (TPSA) is 98.5 Å². The van der Waals surface area contributed by atoms with E-state index >= 15 is 0 Å². The highest BCUT2D eigenvalue weighted by Crippen LogP contribution is 2.37. The van der Waals surface area contributed by atoms with Gasteiger partial charge in [0.2, 0.25) is 0 Å². The molecule has 0 radical (unpaired) electrons. The standard InChI is InChI=1S/C19H17ClN2O5S/c1-2-27-19(24)12-7-11(8-14(9-12)22(25)26)18(23)21-16-5-6-28-17-4-3-13(20)10-15(16)17/h3-4,7-10,16H,2,5-6H2,1H3,(H,21,23). The van der Waals surface area contributed by atoms with Crippen LogP contribution in [0.2, 0.25) is 5.02 Å². The minimum atomic E-state index is -0.716. The van der Waals surface area contributed by atoms with Gasteiger partial charge in [0, 0.05) is 33.4 Å². The Labute approximate surface area is 170 Å². The van der Waals surface area contributed by atoms with Crippen molar-refractivity contribution in [3.8, 4) is 0 Å². The molecule has 0 saturated heterocycles. The molecule has 0 saturated carbocycles. The summed E-state index contributed by atoms with van der Waals surface area (Å²) in [5.41, 5.74) is 0.550. The van der Waals surface area contributed by atoms with Gasteiger partial charge >= 0.3 is 5.97 Å². The number of nitrogens with one attached hydrogen (secondary N) is 1. The van der Waals surface area contributed by atoms with E-state index in [-0.39, 0.29) is 29.5 Å². The Morgan fingerprint density at radius 1 is 1.29 bits per heavy atom. The molecule has 2 aromatic carbocycles. The van der Waals surface area contributed by atoms with Crippen molar-refractivity contribution in [3.05, 3.63) is 68.2 Å². The number of benzene rings is 2. The first-order chi connectivity index (χ1) is 13.4. The lowest BCUT2D eigenvalue weighted by Crippen LogP contribution is -2.31. The van der Waals surface area contributed by atoms with Crippen molar-refractivity contribution in [2.45, 2.75) is 24.3 Å². The molecule has 0 aliphatic carbocycles. The quantitative estimate of drug-likeness (QED) is 0.437. The highest BCUT2D eigenvalue weighted by Gasteiger charge is 2.25. The number of ether oxygens (including phenoxy) is 1. The molecule has 0 spiro atoms. The molecule has 1 N–H and O–H groups in total. The molecule has 0 aromatic heterocycles. The number of carbonyl (C=O) groups excluding carboxylic acids is 2. The predicted molar refractivity (Wildman–Crippen MR) is 106 cm³/mol. The minimum Gasteiger partial charge on any atom is -0.462 e. The lowest BCUT2D eigenvalue weighted by atomic mass is 10.0. The number of non-ortho nitro benzene ring substituents is 1. The second-order valence-corrected chi connectivity index (χ2v) is 7.66. The van der Waals surface area contributed by atoms with E-state index in [9.17, 15) is 19.7 Å². The molecule has 7 nitrogen and oxygen atoms in total. The first kappa shape index (κ1) is 20.2. The normalized spacial score (nSPS) is 15.4. The van der Waals surface area contributed by atoms with E-state index in [1.165, 1.54) is 6.07 Å². The summed E-state index contributed by atoms with van der Waals surface area (Å²) in [6.07, 6.45) is 0.698. The van der Waals surface area contributed by atoms with Gasteiger partial charge in [-0.1, -0.05) is 11.6 Å². The van der Waals surface area contributed by atoms with Crippen LogP contribution in [0.3, 0.4) is 0 Å².